The second-order valence-electron chi connectivity index (χ2n) is 7.75. The highest BCUT2D eigenvalue weighted by atomic mass is 16.6. The lowest BCUT2D eigenvalue weighted by molar-refractivity contribution is -0.384. The third-order valence-electron chi connectivity index (χ3n) is 5.84. The molecule has 3 aromatic carbocycles. The van der Waals surface area contributed by atoms with Crippen molar-refractivity contribution in [1.29, 1.82) is 5.26 Å². The lowest BCUT2D eigenvalue weighted by Gasteiger charge is -2.27. The van der Waals surface area contributed by atoms with Crippen LogP contribution in [0.4, 0.5) is 11.4 Å². The minimum atomic E-state index is -0.407. The van der Waals surface area contributed by atoms with Crippen LogP contribution in [-0.2, 0) is 6.42 Å². The summed E-state index contributed by atoms with van der Waals surface area (Å²) in [5, 5.41) is 32.2. The molecule has 31 heavy (non-hydrogen) atoms. The molecule has 0 amide bonds. The fourth-order valence-corrected chi connectivity index (χ4v) is 4.30. The van der Waals surface area contributed by atoms with Gasteiger partial charge in [-0.2, -0.15) is 10.4 Å². The molecule has 152 valence electrons. The van der Waals surface area contributed by atoms with Crippen molar-refractivity contribution in [1.82, 2.24) is 10.2 Å². The molecule has 2 N–H and O–H groups in total. The molecule has 7 heteroatoms. The quantitative estimate of drug-likeness (QED) is 0.342. The van der Waals surface area contributed by atoms with Gasteiger partial charge in [0.15, 0.2) is 0 Å². The van der Waals surface area contributed by atoms with Gasteiger partial charge >= 0.3 is 0 Å². The van der Waals surface area contributed by atoms with Gasteiger partial charge in [0, 0.05) is 28.8 Å². The molecule has 1 aliphatic rings. The van der Waals surface area contributed by atoms with E-state index in [0.29, 0.717) is 5.56 Å². The van der Waals surface area contributed by atoms with Crippen molar-refractivity contribution in [3.63, 3.8) is 0 Å². The Balaban J connectivity index is 1.47. The van der Waals surface area contributed by atoms with Crippen molar-refractivity contribution in [2.24, 2.45) is 0 Å². The van der Waals surface area contributed by atoms with E-state index >= 15 is 0 Å². The largest absolute Gasteiger partial charge is 0.378 e. The zero-order chi connectivity index (χ0) is 21.4. The number of nitrogens with one attached hydrogen (secondary N) is 2. The summed E-state index contributed by atoms with van der Waals surface area (Å²) >= 11 is 0. The number of hydrogen-bond acceptors (Lipinski definition) is 5. The number of hydrogen-bond donors (Lipinski definition) is 2. The maximum atomic E-state index is 10.9. The summed E-state index contributed by atoms with van der Waals surface area (Å²) in [5.74, 6) is 0. The molecule has 0 fully saturated rings. The normalized spacial score (nSPS) is 15.3. The van der Waals surface area contributed by atoms with Crippen LogP contribution in [0, 0.1) is 21.4 Å². The van der Waals surface area contributed by atoms with E-state index in [-0.39, 0.29) is 11.7 Å². The SMILES string of the molecule is N#Cc1ccc2c(c1)CCCC2Nc1ccc2[nH]nc(-c3ccc([N+](=O)[O-])cc3)c2c1. The van der Waals surface area contributed by atoms with Gasteiger partial charge in [-0.15, -0.1) is 0 Å². The summed E-state index contributed by atoms with van der Waals surface area (Å²) in [6.07, 6.45) is 3.09. The smallest absolute Gasteiger partial charge is 0.269 e. The van der Waals surface area contributed by atoms with Crippen molar-refractivity contribution < 1.29 is 4.92 Å². The molecule has 5 rings (SSSR count). The molecule has 0 radical (unpaired) electrons. The van der Waals surface area contributed by atoms with E-state index < -0.39 is 4.92 Å². The van der Waals surface area contributed by atoms with Crippen LogP contribution >= 0.6 is 0 Å². The van der Waals surface area contributed by atoms with Crippen molar-refractivity contribution >= 4 is 22.3 Å². The molecule has 0 aliphatic heterocycles. The number of nitriles is 1. The van der Waals surface area contributed by atoms with Crippen molar-refractivity contribution in [2.75, 3.05) is 5.32 Å². The van der Waals surface area contributed by atoms with Gasteiger partial charge in [-0.1, -0.05) is 6.07 Å². The number of nitro groups is 1. The summed E-state index contributed by atoms with van der Waals surface area (Å²) < 4.78 is 0. The van der Waals surface area contributed by atoms with Crippen LogP contribution in [0.1, 0.15) is 35.6 Å². The number of benzene rings is 3. The molecular formula is C24H19N5O2. The van der Waals surface area contributed by atoms with Crippen LogP contribution in [0.25, 0.3) is 22.2 Å². The van der Waals surface area contributed by atoms with Crippen LogP contribution in [0.15, 0.2) is 60.7 Å². The molecule has 1 unspecified atom stereocenters. The number of fused-ring (bicyclic) bond motifs is 2. The molecule has 1 aromatic heterocycles. The lowest BCUT2D eigenvalue weighted by atomic mass is 9.86. The minimum Gasteiger partial charge on any atom is -0.378 e. The van der Waals surface area contributed by atoms with E-state index in [4.69, 9.17) is 0 Å². The van der Waals surface area contributed by atoms with Gasteiger partial charge in [-0.05, 0) is 72.9 Å². The van der Waals surface area contributed by atoms with E-state index in [0.717, 1.165) is 47.1 Å². The molecule has 0 spiro atoms. The molecule has 0 saturated carbocycles. The molecular weight excluding hydrogens is 390 g/mol. The first-order valence-corrected chi connectivity index (χ1v) is 10.1. The first-order chi connectivity index (χ1) is 15.1. The first-order valence-electron chi connectivity index (χ1n) is 10.1. The fraction of sp³-hybridized carbons (Fsp3) is 0.167. The van der Waals surface area contributed by atoms with Crippen LogP contribution in [-0.4, -0.2) is 15.1 Å². The number of anilines is 1. The Labute approximate surface area is 178 Å². The number of aryl methyl sites for hydroxylation is 1. The Hall–Kier alpha value is -4.18. The Morgan fingerprint density at radius 1 is 1.13 bits per heavy atom. The monoisotopic (exact) mass is 409 g/mol. The Morgan fingerprint density at radius 2 is 1.97 bits per heavy atom. The number of aromatic nitrogens is 2. The van der Waals surface area contributed by atoms with Gasteiger partial charge in [0.05, 0.1) is 33.8 Å². The van der Waals surface area contributed by atoms with Crippen LogP contribution in [0.3, 0.4) is 0 Å². The molecule has 0 bridgehead atoms. The predicted octanol–water partition coefficient (Wildman–Crippen LogP) is 5.50. The third-order valence-corrected chi connectivity index (χ3v) is 5.84. The molecule has 1 aliphatic carbocycles. The van der Waals surface area contributed by atoms with Gasteiger partial charge in [0.2, 0.25) is 0 Å². The fourth-order valence-electron chi connectivity index (χ4n) is 4.30. The standard InChI is InChI=1S/C24H19N5O2/c25-14-15-4-10-20-17(12-15)2-1-3-22(20)26-18-7-11-23-21(13-18)24(28-27-23)16-5-8-19(9-6-16)29(30)31/h4-13,22,26H,1-3H2,(H,27,28). The summed E-state index contributed by atoms with van der Waals surface area (Å²) in [6.45, 7) is 0. The summed E-state index contributed by atoms with van der Waals surface area (Å²) in [6, 6.07) is 20.8. The number of rotatable bonds is 4. The van der Waals surface area contributed by atoms with Crippen molar-refractivity contribution in [2.45, 2.75) is 25.3 Å². The zero-order valence-corrected chi connectivity index (χ0v) is 16.6. The third kappa shape index (κ3) is 3.49. The number of nitro benzene ring substituents is 1. The number of aromatic amines is 1. The van der Waals surface area contributed by atoms with Gasteiger partial charge in [-0.25, -0.2) is 0 Å². The average Bonchev–Trinajstić information content (AvgIpc) is 3.22. The van der Waals surface area contributed by atoms with Gasteiger partial charge in [0.25, 0.3) is 5.69 Å². The number of H-pyrrole nitrogens is 1. The first kappa shape index (κ1) is 18.8. The van der Waals surface area contributed by atoms with Gasteiger partial charge in [0.1, 0.15) is 0 Å². The molecule has 0 saturated heterocycles. The van der Waals surface area contributed by atoms with Crippen LogP contribution in [0.5, 0.6) is 0 Å². The summed E-state index contributed by atoms with van der Waals surface area (Å²) in [7, 11) is 0. The van der Waals surface area contributed by atoms with Crippen LogP contribution in [0.2, 0.25) is 0 Å². The average molecular weight is 409 g/mol. The Kier molecular flexibility index (Phi) is 4.60. The highest BCUT2D eigenvalue weighted by molar-refractivity contribution is 5.95. The van der Waals surface area contributed by atoms with Crippen molar-refractivity contribution in [3.05, 3.63) is 87.5 Å². The Morgan fingerprint density at radius 3 is 2.74 bits per heavy atom. The van der Waals surface area contributed by atoms with E-state index in [9.17, 15) is 15.4 Å². The van der Waals surface area contributed by atoms with E-state index in [1.165, 1.54) is 23.3 Å². The summed E-state index contributed by atoms with van der Waals surface area (Å²) in [4.78, 5) is 10.5. The number of non-ortho nitro benzene ring substituents is 1. The van der Waals surface area contributed by atoms with E-state index in [1.54, 1.807) is 12.1 Å². The highest BCUT2D eigenvalue weighted by Gasteiger charge is 2.21. The number of nitrogens with zero attached hydrogens (tertiary/aromatic N) is 3. The Bertz CT molecular complexity index is 1330. The highest BCUT2D eigenvalue weighted by Crippen LogP contribution is 2.35. The predicted molar refractivity (Wildman–Crippen MR) is 119 cm³/mol. The maximum absolute atomic E-state index is 10.9. The maximum Gasteiger partial charge on any atom is 0.269 e. The zero-order valence-electron chi connectivity index (χ0n) is 16.6. The summed E-state index contributed by atoms with van der Waals surface area (Å²) in [5.41, 5.74) is 6.71. The van der Waals surface area contributed by atoms with E-state index in [1.807, 2.05) is 24.3 Å². The molecule has 7 nitrogen and oxygen atoms in total. The second kappa shape index (κ2) is 7.58. The van der Waals surface area contributed by atoms with Gasteiger partial charge < -0.3 is 5.32 Å². The second-order valence-corrected chi connectivity index (χ2v) is 7.75. The van der Waals surface area contributed by atoms with E-state index in [2.05, 4.69) is 33.7 Å². The van der Waals surface area contributed by atoms with Gasteiger partial charge in [-0.3, -0.25) is 15.2 Å². The molecule has 1 heterocycles. The topological polar surface area (TPSA) is 108 Å². The molecule has 1 atom stereocenters. The van der Waals surface area contributed by atoms with Crippen molar-refractivity contribution in [3.8, 4) is 17.3 Å². The minimum absolute atomic E-state index is 0.0569. The lowest BCUT2D eigenvalue weighted by Crippen LogP contribution is -2.17. The molecule has 4 aromatic rings. The van der Waals surface area contributed by atoms with Crippen LogP contribution < -0.4 is 5.32 Å².